The SMILES string of the molecule is COc1ccc(CN2C(=O)c3[nH]nc(-c4ccccc4O)c3C2c2ccc(OCC(N)=O)cc2)cc1. The molecular weight excluding hydrogens is 460 g/mol. The number of rotatable bonds is 8. The van der Waals surface area contributed by atoms with Gasteiger partial charge in [0.25, 0.3) is 11.8 Å². The Bertz CT molecular complexity index is 1410. The van der Waals surface area contributed by atoms with Crippen LogP contribution < -0.4 is 15.2 Å². The number of aromatic hydroxyl groups is 1. The van der Waals surface area contributed by atoms with Gasteiger partial charge in [-0.1, -0.05) is 36.4 Å². The maximum Gasteiger partial charge on any atom is 0.273 e. The lowest BCUT2D eigenvalue weighted by molar-refractivity contribution is -0.119. The summed E-state index contributed by atoms with van der Waals surface area (Å²) in [6, 6.07) is 21.1. The molecule has 0 fully saturated rings. The number of para-hydroxylation sites is 1. The van der Waals surface area contributed by atoms with E-state index in [-0.39, 0.29) is 18.3 Å². The van der Waals surface area contributed by atoms with E-state index in [1.165, 1.54) is 0 Å². The van der Waals surface area contributed by atoms with Crippen LogP contribution in [0.25, 0.3) is 11.3 Å². The van der Waals surface area contributed by atoms with Gasteiger partial charge in [0, 0.05) is 17.7 Å². The molecule has 1 aliphatic rings. The number of methoxy groups -OCH3 is 1. The second kappa shape index (κ2) is 9.46. The highest BCUT2D eigenvalue weighted by Gasteiger charge is 2.42. The molecule has 1 unspecified atom stereocenters. The molecular formula is C27H24N4O5. The molecule has 1 aromatic heterocycles. The van der Waals surface area contributed by atoms with Gasteiger partial charge >= 0.3 is 0 Å². The Labute approximate surface area is 207 Å². The molecule has 1 aliphatic heterocycles. The van der Waals surface area contributed by atoms with Crippen LogP contribution >= 0.6 is 0 Å². The number of phenolic OH excluding ortho intramolecular Hbond substituents is 1. The predicted octanol–water partition coefficient (Wildman–Crippen LogP) is 3.40. The van der Waals surface area contributed by atoms with Crippen molar-refractivity contribution in [2.24, 2.45) is 5.73 Å². The molecule has 3 aromatic carbocycles. The molecule has 36 heavy (non-hydrogen) atoms. The molecule has 2 heterocycles. The van der Waals surface area contributed by atoms with E-state index in [2.05, 4.69) is 10.2 Å². The van der Waals surface area contributed by atoms with Crippen LogP contribution in [0.3, 0.4) is 0 Å². The molecule has 1 atom stereocenters. The Morgan fingerprint density at radius 1 is 1.06 bits per heavy atom. The molecule has 2 amide bonds. The number of carbonyl (C=O) groups is 2. The van der Waals surface area contributed by atoms with Gasteiger partial charge in [-0.15, -0.1) is 0 Å². The second-order valence-electron chi connectivity index (χ2n) is 8.39. The van der Waals surface area contributed by atoms with E-state index in [0.717, 1.165) is 16.9 Å². The van der Waals surface area contributed by atoms with Gasteiger partial charge in [0.2, 0.25) is 0 Å². The van der Waals surface area contributed by atoms with Crippen molar-refractivity contribution in [1.29, 1.82) is 0 Å². The number of aromatic amines is 1. The van der Waals surface area contributed by atoms with Gasteiger partial charge in [0.1, 0.15) is 28.6 Å². The highest BCUT2D eigenvalue weighted by molar-refractivity contribution is 6.00. The quantitative estimate of drug-likeness (QED) is 0.351. The molecule has 9 nitrogen and oxygen atoms in total. The number of nitrogens with two attached hydrogens (primary N) is 1. The van der Waals surface area contributed by atoms with E-state index in [0.29, 0.717) is 34.8 Å². The van der Waals surface area contributed by atoms with Crippen LogP contribution in [0.2, 0.25) is 0 Å². The summed E-state index contributed by atoms with van der Waals surface area (Å²) < 4.78 is 10.6. The number of carbonyl (C=O) groups excluding carboxylic acids is 2. The fourth-order valence-electron chi connectivity index (χ4n) is 4.41. The van der Waals surface area contributed by atoms with E-state index in [9.17, 15) is 14.7 Å². The number of phenols is 1. The Hall–Kier alpha value is -4.79. The van der Waals surface area contributed by atoms with Crippen LogP contribution in [-0.4, -0.2) is 45.7 Å². The first kappa shape index (κ1) is 23.0. The summed E-state index contributed by atoms with van der Waals surface area (Å²) in [7, 11) is 1.60. The maximum atomic E-state index is 13.6. The maximum absolute atomic E-state index is 13.6. The minimum atomic E-state index is -0.568. The van der Waals surface area contributed by atoms with E-state index in [4.69, 9.17) is 15.2 Å². The van der Waals surface area contributed by atoms with E-state index < -0.39 is 11.9 Å². The molecule has 0 bridgehead atoms. The zero-order valence-corrected chi connectivity index (χ0v) is 19.5. The number of nitrogens with one attached hydrogen (secondary N) is 1. The van der Waals surface area contributed by atoms with Crippen LogP contribution in [-0.2, 0) is 11.3 Å². The number of hydrogen-bond acceptors (Lipinski definition) is 6. The van der Waals surface area contributed by atoms with Crippen LogP contribution in [0, 0.1) is 0 Å². The van der Waals surface area contributed by atoms with Gasteiger partial charge in [-0.2, -0.15) is 5.10 Å². The number of fused-ring (bicyclic) bond motifs is 1. The van der Waals surface area contributed by atoms with Crippen LogP contribution in [0.15, 0.2) is 72.8 Å². The number of aromatic nitrogens is 2. The Morgan fingerprint density at radius 2 is 1.75 bits per heavy atom. The van der Waals surface area contributed by atoms with E-state index in [1.807, 2.05) is 42.5 Å². The number of hydrogen-bond donors (Lipinski definition) is 3. The molecule has 4 aromatic rings. The standard InChI is InChI=1S/C27H24N4O5/c1-35-18-10-6-16(7-11-18)14-31-26(17-8-12-19(13-9-17)36-15-22(28)33)23-24(29-30-25(23)27(31)34)20-4-2-3-5-21(20)32/h2-13,26,32H,14-15H2,1H3,(H2,28,33)(H,29,30). The number of primary amides is 1. The topological polar surface area (TPSA) is 131 Å². The number of benzene rings is 3. The Balaban J connectivity index is 1.57. The minimum Gasteiger partial charge on any atom is -0.507 e. The van der Waals surface area contributed by atoms with Gasteiger partial charge in [0.15, 0.2) is 6.61 Å². The van der Waals surface area contributed by atoms with Crippen molar-refractivity contribution in [3.63, 3.8) is 0 Å². The van der Waals surface area contributed by atoms with E-state index in [1.54, 1.807) is 42.3 Å². The monoisotopic (exact) mass is 484 g/mol. The summed E-state index contributed by atoms with van der Waals surface area (Å²) >= 11 is 0. The molecule has 0 spiro atoms. The van der Waals surface area contributed by atoms with Crippen LogP contribution in [0.1, 0.15) is 33.2 Å². The lowest BCUT2D eigenvalue weighted by Crippen LogP contribution is -2.29. The Kier molecular flexibility index (Phi) is 6.03. The first-order chi connectivity index (χ1) is 17.5. The van der Waals surface area contributed by atoms with Gasteiger partial charge in [-0.3, -0.25) is 14.7 Å². The molecule has 0 aliphatic carbocycles. The van der Waals surface area contributed by atoms with Gasteiger partial charge in [0.05, 0.1) is 13.2 Å². The third kappa shape index (κ3) is 4.22. The Morgan fingerprint density at radius 3 is 2.42 bits per heavy atom. The third-order valence-corrected chi connectivity index (χ3v) is 6.11. The summed E-state index contributed by atoms with van der Waals surface area (Å²) in [5, 5.41) is 17.8. The minimum absolute atomic E-state index is 0.0711. The number of nitrogens with zero attached hydrogens (tertiary/aromatic N) is 2. The smallest absolute Gasteiger partial charge is 0.273 e. The first-order valence-electron chi connectivity index (χ1n) is 11.3. The van der Waals surface area contributed by atoms with Gasteiger partial charge in [-0.25, -0.2) is 0 Å². The summed E-state index contributed by atoms with van der Waals surface area (Å²) in [6.45, 7) is 0.115. The third-order valence-electron chi connectivity index (χ3n) is 6.11. The highest BCUT2D eigenvalue weighted by atomic mass is 16.5. The van der Waals surface area contributed by atoms with Crippen molar-refractivity contribution in [2.75, 3.05) is 13.7 Å². The average Bonchev–Trinajstić information content (AvgIpc) is 3.43. The average molecular weight is 485 g/mol. The summed E-state index contributed by atoms with van der Waals surface area (Å²) in [6.07, 6.45) is 0. The lowest BCUT2D eigenvalue weighted by atomic mass is 9.95. The molecule has 4 N–H and O–H groups in total. The van der Waals surface area contributed by atoms with Crippen molar-refractivity contribution in [1.82, 2.24) is 15.1 Å². The molecule has 0 saturated heterocycles. The molecule has 5 rings (SSSR count). The summed E-state index contributed by atoms with van der Waals surface area (Å²) in [5.41, 5.74) is 9.01. The summed E-state index contributed by atoms with van der Waals surface area (Å²) in [5.74, 6) is 0.514. The van der Waals surface area contributed by atoms with Crippen LogP contribution in [0.4, 0.5) is 0 Å². The molecule has 0 saturated carbocycles. The molecule has 9 heteroatoms. The second-order valence-corrected chi connectivity index (χ2v) is 8.39. The first-order valence-corrected chi connectivity index (χ1v) is 11.3. The number of ether oxygens (including phenoxy) is 2. The van der Waals surface area contributed by atoms with Crippen molar-refractivity contribution < 1.29 is 24.2 Å². The van der Waals surface area contributed by atoms with Crippen molar-refractivity contribution in [2.45, 2.75) is 12.6 Å². The van der Waals surface area contributed by atoms with Crippen molar-refractivity contribution >= 4 is 11.8 Å². The lowest BCUT2D eigenvalue weighted by Gasteiger charge is -2.27. The normalized spacial score (nSPS) is 14.5. The zero-order chi connectivity index (χ0) is 25.2. The molecule has 0 radical (unpaired) electrons. The van der Waals surface area contributed by atoms with Gasteiger partial charge in [-0.05, 0) is 47.5 Å². The van der Waals surface area contributed by atoms with E-state index >= 15 is 0 Å². The highest BCUT2D eigenvalue weighted by Crippen LogP contribution is 2.45. The predicted molar refractivity (Wildman–Crippen MR) is 132 cm³/mol. The van der Waals surface area contributed by atoms with Crippen molar-refractivity contribution in [3.05, 3.63) is 95.2 Å². The zero-order valence-electron chi connectivity index (χ0n) is 19.5. The van der Waals surface area contributed by atoms with Crippen molar-refractivity contribution in [3.8, 4) is 28.5 Å². The largest absolute Gasteiger partial charge is 0.507 e. The van der Waals surface area contributed by atoms with Crippen LogP contribution in [0.5, 0.6) is 17.2 Å². The fraction of sp³-hybridized carbons (Fsp3) is 0.148. The fourth-order valence-corrected chi connectivity index (χ4v) is 4.41. The number of amides is 2. The molecule has 182 valence electrons. The number of H-pyrrole nitrogens is 1. The van der Waals surface area contributed by atoms with Gasteiger partial charge < -0.3 is 25.2 Å². The summed E-state index contributed by atoms with van der Waals surface area (Å²) in [4.78, 5) is 26.4.